The van der Waals surface area contributed by atoms with Crippen LogP contribution in [0.3, 0.4) is 0 Å². The lowest BCUT2D eigenvalue weighted by molar-refractivity contribution is 0.0826. The number of nitrogens with one attached hydrogen (secondary N) is 2. The zero-order valence-electron chi connectivity index (χ0n) is 11.6. The number of nitrogens with zero attached hydrogens (tertiary/aromatic N) is 1. The van der Waals surface area contributed by atoms with Crippen LogP contribution in [0.2, 0.25) is 0 Å². The Morgan fingerprint density at radius 1 is 1.16 bits per heavy atom. The van der Waals surface area contributed by atoms with E-state index in [2.05, 4.69) is 10.0 Å². The Bertz CT molecular complexity index is 360. The molecule has 0 bridgehead atoms. The molecule has 0 radical (unpaired) electrons. The number of hydrogen-bond donors (Lipinski definition) is 2. The van der Waals surface area contributed by atoms with Gasteiger partial charge in [-0.1, -0.05) is 0 Å². The van der Waals surface area contributed by atoms with Crippen LogP contribution in [-0.4, -0.2) is 58.7 Å². The van der Waals surface area contributed by atoms with E-state index in [1.54, 1.807) is 4.31 Å². The molecule has 2 fully saturated rings. The molecule has 0 aromatic rings. The summed E-state index contributed by atoms with van der Waals surface area (Å²) in [5.41, 5.74) is 0. The van der Waals surface area contributed by atoms with Crippen LogP contribution in [0, 0.1) is 5.92 Å². The van der Waals surface area contributed by atoms with E-state index in [1.807, 2.05) is 7.05 Å². The fraction of sp³-hybridized carbons (Fsp3) is 1.00. The van der Waals surface area contributed by atoms with E-state index >= 15 is 0 Å². The van der Waals surface area contributed by atoms with Gasteiger partial charge in [0.1, 0.15) is 0 Å². The molecular weight excluding hydrogens is 266 g/mol. The second-order valence-electron chi connectivity index (χ2n) is 5.41. The third-order valence-corrected chi connectivity index (χ3v) is 5.62. The average molecular weight is 291 g/mol. The van der Waals surface area contributed by atoms with E-state index < -0.39 is 10.2 Å². The fourth-order valence-electron chi connectivity index (χ4n) is 2.74. The summed E-state index contributed by atoms with van der Waals surface area (Å²) in [6.07, 6.45) is 3.43. The lowest BCUT2D eigenvalue weighted by Gasteiger charge is -2.33. The molecule has 7 heteroatoms. The Labute approximate surface area is 116 Å². The first kappa shape index (κ1) is 15.2. The van der Waals surface area contributed by atoms with Crippen LogP contribution in [0.25, 0.3) is 0 Å². The zero-order chi connectivity index (χ0) is 13.7. The molecule has 6 nitrogen and oxygen atoms in total. The standard InChI is InChI=1S/C12H25N3O3S/c1-13-10-11-2-6-15(7-3-11)19(16,17)14-12-4-8-18-9-5-12/h11-14H,2-10H2,1H3. The molecule has 2 rings (SSSR count). The van der Waals surface area contributed by atoms with Gasteiger partial charge in [-0.3, -0.25) is 0 Å². The summed E-state index contributed by atoms with van der Waals surface area (Å²) in [6.45, 7) is 3.53. The number of hydrogen-bond acceptors (Lipinski definition) is 4. The van der Waals surface area contributed by atoms with Gasteiger partial charge in [0.25, 0.3) is 10.2 Å². The maximum atomic E-state index is 12.3. The Morgan fingerprint density at radius 2 is 1.79 bits per heavy atom. The molecule has 19 heavy (non-hydrogen) atoms. The smallest absolute Gasteiger partial charge is 0.279 e. The number of ether oxygens (including phenoxy) is 1. The molecule has 2 heterocycles. The van der Waals surface area contributed by atoms with Crippen molar-refractivity contribution in [3.8, 4) is 0 Å². The molecule has 0 unspecified atom stereocenters. The van der Waals surface area contributed by atoms with Crippen LogP contribution in [0.15, 0.2) is 0 Å². The molecule has 2 saturated heterocycles. The maximum absolute atomic E-state index is 12.3. The summed E-state index contributed by atoms with van der Waals surface area (Å²) in [7, 11) is -1.37. The largest absolute Gasteiger partial charge is 0.381 e. The van der Waals surface area contributed by atoms with Crippen molar-refractivity contribution in [2.75, 3.05) is 39.9 Å². The molecule has 0 aliphatic carbocycles. The minimum atomic E-state index is -3.31. The van der Waals surface area contributed by atoms with Crippen LogP contribution in [-0.2, 0) is 14.9 Å². The Balaban J connectivity index is 1.83. The normalized spacial score (nSPS) is 24.7. The summed E-state index contributed by atoms with van der Waals surface area (Å²) in [5, 5.41) is 3.16. The molecule has 0 saturated carbocycles. The first-order valence-corrected chi connectivity index (χ1v) is 8.55. The van der Waals surface area contributed by atoms with Gasteiger partial charge in [0.05, 0.1) is 0 Å². The van der Waals surface area contributed by atoms with Crippen molar-refractivity contribution in [3.05, 3.63) is 0 Å². The van der Waals surface area contributed by atoms with Crippen LogP contribution >= 0.6 is 0 Å². The van der Waals surface area contributed by atoms with Gasteiger partial charge in [-0.2, -0.15) is 17.4 Å². The Hall–Kier alpha value is -0.210. The van der Waals surface area contributed by atoms with E-state index in [0.29, 0.717) is 32.2 Å². The van der Waals surface area contributed by atoms with Crippen LogP contribution < -0.4 is 10.0 Å². The Kier molecular flexibility index (Phi) is 5.58. The van der Waals surface area contributed by atoms with Crippen molar-refractivity contribution in [2.24, 2.45) is 5.92 Å². The quantitative estimate of drug-likeness (QED) is 0.744. The highest BCUT2D eigenvalue weighted by atomic mass is 32.2. The number of rotatable bonds is 5. The van der Waals surface area contributed by atoms with Crippen molar-refractivity contribution >= 4 is 10.2 Å². The molecule has 2 aliphatic rings. The highest BCUT2D eigenvalue weighted by Crippen LogP contribution is 2.19. The van der Waals surface area contributed by atoms with Gasteiger partial charge >= 0.3 is 0 Å². The SMILES string of the molecule is CNCC1CCN(S(=O)(=O)NC2CCOCC2)CC1. The Morgan fingerprint density at radius 3 is 2.37 bits per heavy atom. The summed E-state index contributed by atoms with van der Waals surface area (Å²) in [5.74, 6) is 0.597. The molecule has 112 valence electrons. The highest BCUT2D eigenvalue weighted by molar-refractivity contribution is 7.87. The molecule has 0 spiro atoms. The lowest BCUT2D eigenvalue weighted by Crippen LogP contribution is -2.50. The highest BCUT2D eigenvalue weighted by Gasteiger charge is 2.30. The summed E-state index contributed by atoms with van der Waals surface area (Å²) in [6, 6.07) is 0.0359. The molecule has 0 aromatic heterocycles. The van der Waals surface area contributed by atoms with Crippen molar-refractivity contribution in [2.45, 2.75) is 31.7 Å². The molecule has 0 amide bonds. The second-order valence-corrected chi connectivity index (χ2v) is 7.11. The van der Waals surface area contributed by atoms with E-state index in [1.165, 1.54) is 0 Å². The molecular formula is C12H25N3O3S. The van der Waals surface area contributed by atoms with Crippen molar-refractivity contribution in [3.63, 3.8) is 0 Å². The fourth-order valence-corrected chi connectivity index (χ4v) is 4.24. The van der Waals surface area contributed by atoms with E-state index in [-0.39, 0.29) is 6.04 Å². The minimum Gasteiger partial charge on any atom is -0.381 e. The van der Waals surface area contributed by atoms with Crippen molar-refractivity contribution in [1.82, 2.24) is 14.3 Å². The van der Waals surface area contributed by atoms with Gasteiger partial charge in [0, 0.05) is 32.3 Å². The van der Waals surface area contributed by atoms with E-state index in [9.17, 15) is 8.42 Å². The van der Waals surface area contributed by atoms with E-state index in [4.69, 9.17) is 4.74 Å². The van der Waals surface area contributed by atoms with Gasteiger partial charge in [0.15, 0.2) is 0 Å². The summed E-state index contributed by atoms with van der Waals surface area (Å²) >= 11 is 0. The lowest BCUT2D eigenvalue weighted by atomic mass is 9.98. The first-order chi connectivity index (χ1) is 9.12. The monoisotopic (exact) mass is 291 g/mol. The topological polar surface area (TPSA) is 70.7 Å². The van der Waals surface area contributed by atoms with Crippen molar-refractivity contribution < 1.29 is 13.2 Å². The van der Waals surface area contributed by atoms with Gasteiger partial charge in [0.2, 0.25) is 0 Å². The molecule has 2 N–H and O–H groups in total. The first-order valence-electron chi connectivity index (χ1n) is 7.11. The van der Waals surface area contributed by atoms with Crippen LogP contribution in [0.1, 0.15) is 25.7 Å². The predicted octanol–water partition coefficient (Wildman–Crippen LogP) is -0.0688. The van der Waals surface area contributed by atoms with Gasteiger partial charge in [-0.25, -0.2) is 0 Å². The maximum Gasteiger partial charge on any atom is 0.279 e. The predicted molar refractivity (Wildman–Crippen MR) is 74.1 cm³/mol. The van der Waals surface area contributed by atoms with Gasteiger partial charge in [-0.05, 0) is 45.2 Å². The van der Waals surface area contributed by atoms with Crippen LogP contribution in [0.4, 0.5) is 0 Å². The van der Waals surface area contributed by atoms with Crippen LogP contribution in [0.5, 0.6) is 0 Å². The summed E-state index contributed by atoms with van der Waals surface area (Å²) < 4.78 is 34.2. The minimum absolute atomic E-state index is 0.0359. The van der Waals surface area contributed by atoms with Gasteiger partial charge in [-0.15, -0.1) is 0 Å². The number of piperidine rings is 1. The zero-order valence-corrected chi connectivity index (χ0v) is 12.4. The molecule has 0 atom stereocenters. The van der Waals surface area contributed by atoms with Gasteiger partial charge < -0.3 is 10.1 Å². The third kappa shape index (κ3) is 4.39. The average Bonchev–Trinajstić information content (AvgIpc) is 2.40. The summed E-state index contributed by atoms with van der Waals surface area (Å²) in [4.78, 5) is 0. The molecule has 2 aliphatic heterocycles. The molecule has 0 aromatic carbocycles. The van der Waals surface area contributed by atoms with Crippen molar-refractivity contribution in [1.29, 1.82) is 0 Å². The second kappa shape index (κ2) is 6.99. The third-order valence-electron chi connectivity index (χ3n) is 3.94. The van der Waals surface area contributed by atoms with E-state index in [0.717, 1.165) is 32.2 Å².